The number of carbonyl (C=O) groups excluding carboxylic acids is 1. The minimum atomic E-state index is -1.19. The molecule has 0 saturated heterocycles. The number of aldehydes is 1. The maximum atomic E-state index is 11.9. The van der Waals surface area contributed by atoms with Gasteiger partial charge < -0.3 is 29.5 Å². The third-order valence-corrected chi connectivity index (χ3v) is 6.94. The fraction of sp³-hybridized carbons (Fsp3) is 0.481. The molecule has 188 valence electrons. The van der Waals surface area contributed by atoms with Gasteiger partial charge in [-0.05, 0) is 63.1 Å². The molecule has 1 aromatic heterocycles. The standard InChI is InChI=1S/C27H35N3O5/c1-6-27(2,32)21(17(14-31)15-33-5)11-23-26-20(13-30(23)4)18(8-7-9-28-3)19-10-24-25(35-16-34-24)12-22(19)29-26/h10-12,14,28,32H,6-9,13,15-16H2,1-5H3/b21-17-,23-11-/t27-/m0/s1. The molecule has 1 atom stereocenters. The van der Waals surface area contributed by atoms with Crippen molar-refractivity contribution in [2.24, 2.45) is 0 Å². The van der Waals surface area contributed by atoms with Crippen LogP contribution in [0.4, 0.5) is 0 Å². The zero-order valence-corrected chi connectivity index (χ0v) is 21.2. The smallest absolute Gasteiger partial charge is 0.231 e. The summed E-state index contributed by atoms with van der Waals surface area (Å²) < 4.78 is 16.5. The summed E-state index contributed by atoms with van der Waals surface area (Å²) in [5, 5.41) is 15.5. The Bertz CT molecular complexity index is 1190. The van der Waals surface area contributed by atoms with Crippen molar-refractivity contribution in [2.45, 2.75) is 45.3 Å². The topological polar surface area (TPSA) is 93.2 Å². The number of nitrogens with one attached hydrogen (secondary N) is 1. The Morgan fingerprint density at radius 1 is 1.34 bits per heavy atom. The average molecular weight is 482 g/mol. The summed E-state index contributed by atoms with van der Waals surface area (Å²) in [4.78, 5) is 19.1. The number of rotatable bonds is 10. The lowest BCUT2D eigenvalue weighted by Gasteiger charge is -2.26. The molecule has 3 heterocycles. The number of pyridine rings is 1. The largest absolute Gasteiger partial charge is 0.454 e. The van der Waals surface area contributed by atoms with Crippen LogP contribution in [0.15, 0.2) is 29.4 Å². The first-order valence-corrected chi connectivity index (χ1v) is 12.1. The van der Waals surface area contributed by atoms with Crippen molar-refractivity contribution in [3.63, 3.8) is 0 Å². The van der Waals surface area contributed by atoms with Gasteiger partial charge in [-0.1, -0.05) is 6.92 Å². The van der Waals surface area contributed by atoms with Gasteiger partial charge in [-0.2, -0.15) is 0 Å². The van der Waals surface area contributed by atoms with Crippen LogP contribution in [0, 0.1) is 0 Å². The SMILES string of the molecule is CC[C@](C)(O)C(/C=C1/c2nc3cc4c(cc3c(CCCNC)c2CN1C)OCO4)=C(/C=O)COC. The third-order valence-electron chi connectivity index (χ3n) is 6.94. The van der Waals surface area contributed by atoms with Crippen LogP contribution < -0.4 is 14.8 Å². The van der Waals surface area contributed by atoms with Crippen LogP contribution >= 0.6 is 0 Å². The normalized spacial score (nSPS) is 18.1. The molecule has 4 rings (SSSR count). The Morgan fingerprint density at radius 2 is 2.09 bits per heavy atom. The Hall–Kier alpha value is -2.94. The molecular weight excluding hydrogens is 446 g/mol. The molecule has 0 radical (unpaired) electrons. The first kappa shape index (κ1) is 25.2. The fourth-order valence-electron chi connectivity index (χ4n) is 4.80. The molecular formula is C27H35N3O5. The van der Waals surface area contributed by atoms with E-state index in [1.54, 1.807) is 14.0 Å². The average Bonchev–Trinajstić information content (AvgIpc) is 3.42. The highest BCUT2D eigenvalue weighted by Crippen LogP contribution is 2.42. The number of nitrogens with zero attached hydrogens (tertiary/aromatic N) is 2. The van der Waals surface area contributed by atoms with Crippen molar-refractivity contribution in [1.29, 1.82) is 0 Å². The molecule has 2 aliphatic rings. The maximum absolute atomic E-state index is 11.9. The molecule has 2 aliphatic heterocycles. The van der Waals surface area contributed by atoms with Gasteiger partial charge in [0.15, 0.2) is 11.5 Å². The van der Waals surface area contributed by atoms with Gasteiger partial charge >= 0.3 is 0 Å². The molecule has 35 heavy (non-hydrogen) atoms. The van der Waals surface area contributed by atoms with E-state index in [1.165, 1.54) is 5.56 Å². The van der Waals surface area contributed by atoms with E-state index >= 15 is 0 Å². The minimum Gasteiger partial charge on any atom is -0.454 e. The first-order chi connectivity index (χ1) is 16.8. The van der Waals surface area contributed by atoms with Gasteiger partial charge in [-0.25, -0.2) is 4.98 Å². The summed E-state index contributed by atoms with van der Waals surface area (Å²) in [6.45, 7) is 5.56. The summed E-state index contributed by atoms with van der Waals surface area (Å²) in [7, 11) is 5.51. The lowest BCUT2D eigenvalue weighted by atomic mass is 9.88. The van der Waals surface area contributed by atoms with Crippen molar-refractivity contribution in [2.75, 3.05) is 41.1 Å². The van der Waals surface area contributed by atoms with Crippen molar-refractivity contribution in [3.8, 4) is 11.5 Å². The van der Waals surface area contributed by atoms with E-state index in [-0.39, 0.29) is 13.4 Å². The number of aryl methyl sites for hydroxylation is 1. The van der Waals surface area contributed by atoms with E-state index in [2.05, 4.69) is 10.2 Å². The molecule has 8 heteroatoms. The zero-order valence-electron chi connectivity index (χ0n) is 21.2. The molecule has 0 fully saturated rings. The Balaban J connectivity index is 1.94. The number of carbonyl (C=O) groups is 1. The number of fused-ring (bicyclic) bond motifs is 3. The van der Waals surface area contributed by atoms with Crippen LogP contribution in [0.3, 0.4) is 0 Å². The Kier molecular flexibility index (Phi) is 7.44. The lowest BCUT2D eigenvalue weighted by Crippen LogP contribution is -2.28. The molecule has 0 saturated carbocycles. The summed E-state index contributed by atoms with van der Waals surface area (Å²) in [5.41, 5.74) is 4.77. The summed E-state index contributed by atoms with van der Waals surface area (Å²) in [5.74, 6) is 1.44. The van der Waals surface area contributed by atoms with E-state index in [0.717, 1.165) is 59.3 Å². The van der Waals surface area contributed by atoms with E-state index in [1.807, 2.05) is 39.2 Å². The number of benzene rings is 1. The summed E-state index contributed by atoms with van der Waals surface area (Å²) in [6.07, 6.45) is 5.00. The summed E-state index contributed by atoms with van der Waals surface area (Å²) >= 11 is 0. The molecule has 2 aromatic rings. The second-order valence-corrected chi connectivity index (χ2v) is 9.35. The van der Waals surface area contributed by atoms with Crippen LogP contribution in [0.2, 0.25) is 0 Å². The van der Waals surface area contributed by atoms with Crippen LogP contribution in [0.1, 0.15) is 43.5 Å². The van der Waals surface area contributed by atoms with Crippen LogP contribution in [-0.4, -0.2) is 68.0 Å². The number of methoxy groups -OCH3 is 1. The molecule has 8 nitrogen and oxygen atoms in total. The predicted octanol–water partition coefficient (Wildman–Crippen LogP) is 3.20. The number of hydrogen-bond acceptors (Lipinski definition) is 8. The lowest BCUT2D eigenvalue weighted by molar-refractivity contribution is -0.105. The Labute approximate surface area is 206 Å². The van der Waals surface area contributed by atoms with Gasteiger partial charge in [0.1, 0.15) is 6.29 Å². The second kappa shape index (κ2) is 10.4. The van der Waals surface area contributed by atoms with E-state index in [9.17, 15) is 9.90 Å². The number of aliphatic hydroxyl groups is 1. The Morgan fingerprint density at radius 3 is 2.74 bits per heavy atom. The van der Waals surface area contributed by atoms with Crippen molar-refractivity contribution in [1.82, 2.24) is 15.2 Å². The van der Waals surface area contributed by atoms with E-state index in [4.69, 9.17) is 19.2 Å². The van der Waals surface area contributed by atoms with Crippen LogP contribution in [0.25, 0.3) is 16.6 Å². The molecule has 0 spiro atoms. The monoisotopic (exact) mass is 481 g/mol. The highest BCUT2D eigenvalue weighted by Gasteiger charge is 2.32. The molecule has 0 bridgehead atoms. The van der Waals surface area contributed by atoms with Gasteiger partial charge in [0.05, 0.1) is 29.1 Å². The van der Waals surface area contributed by atoms with Gasteiger partial charge in [-0.3, -0.25) is 4.79 Å². The first-order valence-electron chi connectivity index (χ1n) is 12.1. The number of ether oxygens (including phenoxy) is 3. The highest BCUT2D eigenvalue weighted by atomic mass is 16.7. The quantitative estimate of drug-likeness (QED) is 0.304. The minimum absolute atomic E-state index is 0.124. The molecule has 0 unspecified atom stereocenters. The fourth-order valence-corrected chi connectivity index (χ4v) is 4.80. The molecule has 0 amide bonds. The van der Waals surface area contributed by atoms with Crippen LogP contribution in [-0.2, 0) is 22.5 Å². The van der Waals surface area contributed by atoms with Crippen molar-refractivity contribution >= 4 is 22.9 Å². The predicted molar refractivity (Wildman–Crippen MR) is 135 cm³/mol. The maximum Gasteiger partial charge on any atom is 0.231 e. The molecule has 1 aromatic carbocycles. The van der Waals surface area contributed by atoms with Gasteiger partial charge in [0, 0.05) is 43.3 Å². The highest BCUT2D eigenvalue weighted by molar-refractivity contribution is 5.91. The second-order valence-electron chi connectivity index (χ2n) is 9.35. The summed E-state index contributed by atoms with van der Waals surface area (Å²) in [6, 6.07) is 3.98. The van der Waals surface area contributed by atoms with Gasteiger partial charge in [0.25, 0.3) is 0 Å². The van der Waals surface area contributed by atoms with Crippen molar-refractivity contribution in [3.05, 3.63) is 46.2 Å². The third kappa shape index (κ3) is 4.78. The molecule has 2 N–H and O–H groups in total. The number of aromatic nitrogens is 1. The van der Waals surface area contributed by atoms with E-state index in [0.29, 0.717) is 29.9 Å². The zero-order chi connectivity index (χ0) is 25.2. The number of hydrogen-bond donors (Lipinski definition) is 2. The van der Waals surface area contributed by atoms with E-state index < -0.39 is 5.60 Å². The van der Waals surface area contributed by atoms with Crippen molar-refractivity contribution < 1.29 is 24.1 Å². The van der Waals surface area contributed by atoms with Gasteiger partial charge in [0.2, 0.25) is 6.79 Å². The van der Waals surface area contributed by atoms with Gasteiger partial charge in [-0.15, -0.1) is 0 Å². The molecule has 0 aliphatic carbocycles. The van der Waals surface area contributed by atoms with Crippen LogP contribution in [0.5, 0.6) is 11.5 Å².